The first kappa shape index (κ1) is 15.0. The second-order valence-corrected chi connectivity index (χ2v) is 5.76. The molecule has 0 spiro atoms. The highest BCUT2D eigenvalue weighted by Gasteiger charge is 2.27. The van der Waals surface area contributed by atoms with Crippen molar-refractivity contribution < 1.29 is 4.79 Å². The predicted octanol–water partition coefficient (Wildman–Crippen LogP) is 2.13. The van der Waals surface area contributed by atoms with Crippen molar-refractivity contribution in [2.45, 2.75) is 46.2 Å². The Morgan fingerprint density at radius 1 is 1.50 bits per heavy atom. The summed E-state index contributed by atoms with van der Waals surface area (Å²) in [6, 6.07) is 5.94. The lowest BCUT2D eigenvalue weighted by atomic mass is 9.93. The van der Waals surface area contributed by atoms with Crippen molar-refractivity contribution in [3.8, 4) is 0 Å². The minimum absolute atomic E-state index is 0.0245. The van der Waals surface area contributed by atoms with Crippen molar-refractivity contribution in [3.05, 3.63) is 29.6 Å². The number of carbonyl (C=O) groups is 1. The number of piperidine rings is 1. The fourth-order valence-corrected chi connectivity index (χ4v) is 2.74. The molecule has 1 aromatic heterocycles. The number of hydrogen-bond acceptors (Lipinski definition) is 3. The number of nitrogens with one attached hydrogen (secondary N) is 1. The minimum Gasteiger partial charge on any atom is -0.336 e. The van der Waals surface area contributed by atoms with Gasteiger partial charge in [-0.05, 0) is 51.3 Å². The zero-order chi connectivity index (χ0) is 14.5. The van der Waals surface area contributed by atoms with Crippen molar-refractivity contribution >= 4 is 5.91 Å². The summed E-state index contributed by atoms with van der Waals surface area (Å²) in [6.07, 6.45) is 2.10. The Labute approximate surface area is 121 Å². The van der Waals surface area contributed by atoms with Crippen LogP contribution in [0, 0.1) is 12.8 Å². The quantitative estimate of drug-likeness (QED) is 0.915. The topological polar surface area (TPSA) is 45.2 Å². The van der Waals surface area contributed by atoms with Gasteiger partial charge in [-0.25, -0.2) is 0 Å². The summed E-state index contributed by atoms with van der Waals surface area (Å²) in [5.74, 6) is 0.836. The van der Waals surface area contributed by atoms with Gasteiger partial charge in [0.15, 0.2) is 0 Å². The summed E-state index contributed by atoms with van der Waals surface area (Å²) in [6.45, 7) is 8.49. The molecule has 0 radical (unpaired) electrons. The van der Waals surface area contributed by atoms with Crippen LogP contribution in [0.5, 0.6) is 0 Å². The Balaban J connectivity index is 2.02. The average Bonchev–Trinajstić information content (AvgIpc) is 2.44. The summed E-state index contributed by atoms with van der Waals surface area (Å²) >= 11 is 0. The van der Waals surface area contributed by atoms with Crippen LogP contribution in [0.15, 0.2) is 18.2 Å². The fourth-order valence-electron chi connectivity index (χ4n) is 2.74. The molecular weight excluding hydrogens is 250 g/mol. The lowest BCUT2D eigenvalue weighted by molar-refractivity contribution is -0.134. The molecule has 1 N–H and O–H groups in total. The van der Waals surface area contributed by atoms with Crippen LogP contribution in [0.1, 0.15) is 38.1 Å². The molecule has 2 atom stereocenters. The maximum atomic E-state index is 12.6. The number of nitrogens with zero attached hydrogens (tertiary/aromatic N) is 2. The average molecular weight is 275 g/mol. The van der Waals surface area contributed by atoms with Crippen LogP contribution in [0.2, 0.25) is 0 Å². The molecule has 4 nitrogen and oxygen atoms in total. The van der Waals surface area contributed by atoms with E-state index in [1.54, 1.807) is 0 Å². The highest BCUT2D eigenvalue weighted by atomic mass is 16.2. The number of aryl methyl sites for hydroxylation is 1. The summed E-state index contributed by atoms with van der Waals surface area (Å²) in [5, 5.41) is 3.35. The molecule has 4 heteroatoms. The normalized spacial score (nSPS) is 22.6. The first-order valence-corrected chi connectivity index (χ1v) is 7.55. The van der Waals surface area contributed by atoms with Crippen LogP contribution in [-0.2, 0) is 11.3 Å². The van der Waals surface area contributed by atoms with Crippen LogP contribution in [0.4, 0.5) is 0 Å². The van der Waals surface area contributed by atoms with Gasteiger partial charge in [0.2, 0.25) is 5.91 Å². The van der Waals surface area contributed by atoms with Crippen molar-refractivity contribution in [1.29, 1.82) is 0 Å². The number of hydrogen-bond donors (Lipinski definition) is 1. The number of pyridine rings is 1. The van der Waals surface area contributed by atoms with E-state index < -0.39 is 0 Å². The Bertz CT molecular complexity index is 461. The summed E-state index contributed by atoms with van der Waals surface area (Å²) < 4.78 is 0. The van der Waals surface area contributed by atoms with Gasteiger partial charge in [-0.3, -0.25) is 9.78 Å². The summed E-state index contributed by atoms with van der Waals surface area (Å²) in [5.41, 5.74) is 1.96. The molecule has 2 rings (SSSR count). The van der Waals surface area contributed by atoms with Crippen LogP contribution in [0.3, 0.4) is 0 Å². The molecule has 2 unspecified atom stereocenters. The van der Waals surface area contributed by atoms with Gasteiger partial charge in [-0.15, -0.1) is 0 Å². The third kappa shape index (κ3) is 3.79. The third-order valence-electron chi connectivity index (χ3n) is 3.96. The maximum Gasteiger partial charge on any atom is 0.240 e. The fraction of sp³-hybridized carbons (Fsp3) is 0.625. The Morgan fingerprint density at radius 3 is 2.95 bits per heavy atom. The van der Waals surface area contributed by atoms with Gasteiger partial charge < -0.3 is 10.2 Å². The smallest absolute Gasteiger partial charge is 0.240 e. The molecule has 1 fully saturated rings. The van der Waals surface area contributed by atoms with Crippen molar-refractivity contribution in [1.82, 2.24) is 15.2 Å². The zero-order valence-corrected chi connectivity index (χ0v) is 12.7. The van der Waals surface area contributed by atoms with Crippen molar-refractivity contribution in [2.24, 2.45) is 5.92 Å². The molecular formula is C16H25N3O. The van der Waals surface area contributed by atoms with Crippen LogP contribution < -0.4 is 5.32 Å². The molecule has 1 saturated heterocycles. The number of amides is 1. The lowest BCUT2D eigenvalue weighted by Crippen LogP contribution is -2.49. The summed E-state index contributed by atoms with van der Waals surface area (Å²) in [4.78, 5) is 19.0. The van der Waals surface area contributed by atoms with Crippen LogP contribution in [-0.4, -0.2) is 34.9 Å². The zero-order valence-electron chi connectivity index (χ0n) is 12.7. The van der Waals surface area contributed by atoms with Crippen LogP contribution in [0.25, 0.3) is 0 Å². The van der Waals surface area contributed by atoms with Crippen molar-refractivity contribution in [2.75, 3.05) is 13.1 Å². The maximum absolute atomic E-state index is 12.6. The van der Waals surface area contributed by atoms with Gasteiger partial charge in [0.05, 0.1) is 18.3 Å². The van der Waals surface area contributed by atoms with E-state index in [0.717, 1.165) is 37.3 Å². The first-order chi connectivity index (χ1) is 9.60. The van der Waals surface area contributed by atoms with Gasteiger partial charge in [-0.2, -0.15) is 0 Å². The number of rotatable bonds is 4. The van der Waals surface area contributed by atoms with Crippen molar-refractivity contribution in [3.63, 3.8) is 0 Å². The van der Waals surface area contributed by atoms with E-state index in [2.05, 4.69) is 17.2 Å². The van der Waals surface area contributed by atoms with Gasteiger partial charge in [0.25, 0.3) is 0 Å². The summed E-state index contributed by atoms with van der Waals surface area (Å²) in [7, 11) is 0. The third-order valence-corrected chi connectivity index (χ3v) is 3.96. The molecule has 2 heterocycles. The predicted molar refractivity (Wildman–Crippen MR) is 80.3 cm³/mol. The minimum atomic E-state index is -0.0245. The second kappa shape index (κ2) is 6.84. The molecule has 0 aromatic carbocycles. The SMILES string of the molecule is CCN(Cc1cccc(C)n1)C(=O)C1CC(C)CCN1. The van der Waals surface area contributed by atoms with E-state index in [1.165, 1.54) is 0 Å². The monoisotopic (exact) mass is 275 g/mol. The van der Waals surface area contributed by atoms with E-state index in [4.69, 9.17) is 0 Å². The van der Waals surface area contributed by atoms with Gasteiger partial charge in [0.1, 0.15) is 0 Å². The Kier molecular flexibility index (Phi) is 5.12. The first-order valence-electron chi connectivity index (χ1n) is 7.55. The molecule has 20 heavy (non-hydrogen) atoms. The van der Waals surface area contributed by atoms with E-state index >= 15 is 0 Å². The number of aromatic nitrogens is 1. The van der Waals surface area contributed by atoms with E-state index in [9.17, 15) is 4.79 Å². The van der Waals surface area contributed by atoms with E-state index in [1.807, 2.05) is 36.9 Å². The van der Waals surface area contributed by atoms with E-state index in [-0.39, 0.29) is 11.9 Å². The van der Waals surface area contributed by atoms with Gasteiger partial charge >= 0.3 is 0 Å². The molecule has 0 saturated carbocycles. The van der Waals surface area contributed by atoms with Crippen LogP contribution >= 0.6 is 0 Å². The highest BCUT2D eigenvalue weighted by molar-refractivity contribution is 5.82. The molecule has 1 aromatic rings. The molecule has 110 valence electrons. The molecule has 0 bridgehead atoms. The molecule has 0 aliphatic carbocycles. The lowest BCUT2D eigenvalue weighted by Gasteiger charge is -2.31. The van der Waals surface area contributed by atoms with Gasteiger partial charge in [-0.1, -0.05) is 13.0 Å². The molecule has 1 amide bonds. The highest BCUT2D eigenvalue weighted by Crippen LogP contribution is 2.17. The largest absolute Gasteiger partial charge is 0.336 e. The second-order valence-electron chi connectivity index (χ2n) is 5.76. The Morgan fingerprint density at radius 2 is 2.30 bits per heavy atom. The van der Waals surface area contributed by atoms with Gasteiger partial charge in [0, 0.05) is 12.2 Å². The standard InChI is InChI=1S/C16H25N3O/c1-4-19(11-14-7-5-6-13(3)18-14)16(20)15-10-12(2)8-9-17-15/h5-7,12,15,17H,4,8-11H2,1-3H3. The Hall–Kier alpha value is -1.42. The molecule has 1 aliphatic heterocycles. The molecule has 1 aliphatic rings. The van der Waals surface area contributed by atoms with E-state index in [0.29, 0.717) is 12.5 Å². The number of likely N-dealkylation sites (N-methyl/N-ethyl adjacent to an activating group) is 1. The number of carbonyl (C=O) groups excluding carboxylic acids is 1.